The first-order valence-electron chi connectivity index (χ1n) is 9.11. The van der Waals surface area contributed by atoms with Crippen molar-refractivity contribution in [1.29, 1.82) is 5.26 Å². The van der Waals surface area contributed by atoms with Crippen LogP contribution in [0.5, 0.6) is 0 Å². The predicted molar refractivity (Wildman–Crippen MR) is 105 cm³/mol. The zero-order valence-corrected chi connectivity index (χ0v) is 17.2. The van der Waals surface area contributed by atoms with E-state index in [-0.39, 0.29) is 5.56 Å². The molecular formula is C19H13F7N6O2. The van der Waals surface area contributed by atoms with E-state index in [1.807, 2.05) is 0 Å². The summed E-state index contributed by atoms with van der Waals surface area (Å²) in [6.07, 6.45) is -12.1. The standard InChI is InChI=1S/C19H13F7N6O2/c1-30-15-13(16(33)31(2)17(30)34)12(10-5-9(20)4-3-8(10)6-27)11(7-28)14(29-15)32(18(21,22)23)19(24,25)26/h3-5H,7,28H2,1-2H3. The molecule has 2 heterocycles. The maximum Gasteiger partial charge on any atom is 0.493 e. The van der Waals surface area contributed by atoms with Crippen molar-refractivity contribution in [2.45, 2.75) is 19.1 Å². The minimum absolute atomic E-state index is 0.379. The summed E-state index contributed by atoms with van der Waals surface area (Å²) in [5.74, 6) is -2.78. The molecule has 1 aromatic carbocycles. The van der Waals surface area contributed by atoms with Crippen LogP contribution in [0.4, 0.5) is 36.6 Å². The van der Waals surface area contributed by atoms with Crippen molar-refractivity contribution in [3.8, 4) is 17.2 Å². The molecule has 0 spiro atoms. The van der Waals surface area contributed by atoms with Crippen LogP contribution in [-0.4, -0.2) is 26.7 Å². The van der Waals surface area contributed by atoms with Crippen LogP contribution in [0.25, 0.3) is 22.2 Å². The predicted octanol–water partition coefficient (Wildman–Crippen LogP) is 2.61. The van der Waals surface area contributed by atoms with Gasteiger partial charge in [-0.05, 0) is 18.2 Å². The molecule has 0 atom stereocenters. The second-order valence-corrected chi connectivity index (χ2v) is 6.97. The average Bonchev–Trinajstić information content (AvgIpc) is 2.73. The van der Waals surface area contributed by atoms with Gasteiger partial charge in [-0.15, -0.1) is 26.3 Å². The lowest BCUT2D eigenvalue weighted by Gasteiger charge is -2.30. The zero-order valence-electron chi connectivity index (χ0n) is 17.2. The van der Waals surface area contributed by atoms with Crippen LogP contribution in [-0.2, 0) is 20.6 Å². The van der Waals surface area contributed by atoms with Crippen molar-refractivity contribution in [2.75, 3.05) is 4.90 Å². The topological polar surface area (TPSA) is 110 Å². The Morgan fingerprint density at radius 2 is 1.68 bits per heavy atom. The first-order valence-corrected chi connectivity index (χ1v) is 9.11. The van der Waals surface area contributed by atoms with Gasteiger partial charge in [0.15, 0.2) is 11.5 Å². The fraction of sp³-hybridized carbons (Fsp3) is 0.263. The molecule has 34 heavy (non-hydrogen) atoms. The Labute approximate surface area is 184 Å². The number of hydrogen-bond acceptors (Lipinski definition) is 6. The minimum Gasteiger partial charge on any atom is -0.326 e. The van der Waals surface area contributed by atoms with Gasteiger partial charge in [-0.3, -0.25) is 13.9 Å². The third-order valence-electron chi connectivity index (χ3n) is 4.96. The fourth-order valence-electron chi connectivity index (χ4n) is 3.49. The number of benzene rings is 1. The van der Waals surface area contributed by atoms with E-state index >= 15 is 0 Å². The molecule has 15 heteroatoms. The Kier molecular flexibility index (Phi) is 5.91. The van der Waals surface area contributed by atoms with E-state index in [1.54, 1.807) is 6.07 Å². The molecule has 0 aliphatic heterocycles. The number of aryl methyl sites for hydroxylation is 1. The van der Waals surface area contributed by atoms with Gasteiger partial charge in [-0.25, -0.2) is 14.2 Å². The largest absolute Gasteiger partial charge is 0.493 e. The average molecular weight is 490 g/mol. The molecule has 0 saturated heterocycles. The van der Waals surface area contributed by atoms with E-state index in [2.05, 4.69) is 4.98 Å². The molecule has 0 bridgehead atoms. The molecule has 0 radical (unpaired) electrons. The molecule has 2 aromatic heterocycles. The third-order valence-corrected chi connectivity index (χ3v) is 4.96. The number of fused-ring (bicyclic) bond motifs is 1. The smallest absolute Gasteiger partial charge is 0.326 e. The van der Waals surface area contributed by atoms with Gasteiger partial charge in [0.25, 0.3) is 5.56 Å². The van der Waals surface area contributed by atoms with Crippen molar-refractivity contribution in [1.82, 2.24) is 14.1 Å². The summed E-state index contributed by atoms with van der Waals surface area (Å²) < 4.78 is 96.6. The Hall–Kier alpha value is -3.93. The highest BCUT2D eigenvalue weighted by Crippen LogP contribution is 2.43. The Balaban J connectivity index is 2.76. The lowest BCUT2D eigenvalue weighted by atomic mass is 9.93. The van der Waals surface area contributed by atoms with Crippen molar-refractivity contribution in [2.24, 2.45) is 19.8 Å². The summed E-state index contributed by atoms with van der Waals surface area (Å²) in [5, 5.41) is 8.81. The number of nitrogens with two attached hydrogens (primary N) is 1. The fourth-order valence-corrected chi connectivity index (χ4v) is 3.49. The quantitative estimate of drug-likeness (QED) is 0.447. The Morgan fingerprint density at radius 1 is 1.09 bits per heavy atom. The second-order valence-electron chi connectivity index (χ2n) is 6.97. The monoisotopic (exact) mass is 490 g/mol. The molecule has 0 fully saturated rings. The maximum absolute atomic E-state index is 14.1. The van der Waals surface area contributed by atoms with E-state index in [1.165, 1.54) is 0 Å². The molecule has 0 unspecified atom stereocenters. The summed E-state index contributed by atoms with van der Waals surface area (Å²) >= 11 is 0. The SMILES string of the molecule is Cn1c(=O)c2c(-c3cc(F)ccc3C#N)c(CN)c(N(C(F)(F)F)C(F)(F)F)nc2n(C)c1=O. The third kappa shape index (κ3) is 3.85. The summed E-state index contributed by atoms with van der Waals surface area (Å²) in [5.41, 5.74) is -0.0941. The lowest BCUT2D eigenvalue weighted by molar-refractivity contribution is -0.227. The van der Waals surface area contributed by atoms with Gasteiger partial charge >= 0.3 is 18.3 Å². The molecular weight excluding hydrogens is 477 g/mol. The molecule has 0 amide bonds. The number of alkyl halides is 6. The molecule has 3 rings (SSSR count). The van der Waals surface area contributed by atoms with Crippen LogP contribution in [0.1, 0.15) is 11.1 Å². The number of anilines is 1. The molecule has 0 saturated carbocycles. The van der Waals surface area contributed by atoms with Gasteiger partial charge in [0.1, 0.15) is 5.82 Å². The van der Waals surface area contributed by atoms with Crippen LogP contribution in [0.2, 0.25) is 0 Å². The van der Waals surface area contributed by atoms with Gasteiger partial charge in [0.05, 0.1) is 17.0 Å². The van der Waals surface area contributed by atoms with Gasteiger partial charge in [-0.1, -0.05) is 0 Å². The van der Waals surface area contributed by atoms with Crippen LogP contribution in [0.3, 0.4) is 0 Å². The summed E-state index contributed by atoms with van der Waals surface area (Å²) in [4.78, 5) is 26.8. The first kappa shape index (κ1) is 24.7. The lowest BCUT2D eigenvalue weighted by Crippen LogP contribution is -2.49. The van der Waals surface area contributed by atoms with Gasteiger partial charge in [0, 0.05) is 37.3 Å². The molecule has 0 aliphatic rings. The van der Waals surface area contributed by atoms with Crippen LogP contribution in [0, 0.1) is 17.1 Å². The second kappa shape index (κ2) is 8.13. The first-order chi connectivity index (χ1) is 15.6. The number of nitriles is 1. The molecule has 180 valence electrons. The highest BCUT2D eigenvalue weighted by atomic mass is 19.4. The number of nitrogens with zero attached hydrogens (tertiary/aromatic N) is 5. The number of aromatic nitrogens is 3. The molecule has 0 aliphatic carbocycles. The van der Waals surface area contributed by atoms with Crippen molar-refractivity contribution < 1.29 is 30.7 Å². The van der Waals surface area contributed by atoms with Crippen LogP contribution >= 0.6 is 0 Å². The van der Waals surface area contributed by atoms with E-state index in [9.17, 15) is 45.6 Å². The summed E-state index contributed by atoms with van der Waals surface area (Å²) in [6.45, 7) is -1.02. The van der Waals surface area contributed by atoms with Crippen molar-refractivity contribution in [3.63, 3.8) is 0 Å². The highest BCUT2D eigenvalue weighted by Gasteiger charge is 2.56. The van der Waals surface area contributed by atoms with Gasteiger partial charge in [0.2, 0.25) is 0 Å². The van der Waals surface area contributed by atoms with E-state index in [0.717, 1.165) is 26.2 Å². The molecule has 2 N–H and O–H groups in total. The van der Waals surface area contributed by atoms with Gasteiger partial charge < -0.3 is 5.73 Å². The van der Waals surface area contributed by atoms with E-state index < -0.39 is 74.7 Å². The number of rotatable bonds is 3. The molecule has 8 nitrogen and oxygen atoms in total. The van der Waals surface area contributed by atoms with E-state index in [0.29, 0.717) is 15.2 Å². The van der Waals surface area contributed by atoms with Crippen LogP contribution < -0.4 is 21.9 Å². The zero-order chi connectivity index (χ0) is 25.7. The number of pyridine rings is 1. The van der Waals surface area contributed by atoms with Crippen molar-refractivity contribution in [3.05, 3.63) is 56.0 Å². The minimum atomic E-state index is -6.06. The summed E-state index contributed by atoms with van der Waals surface area (Å²) in [7, 11) is 1.98. The summed E-state index contributed by atoms with van der Waals surface area (Å²) in [6, 6.07) is 4.06. The Morgan fingerprint density at radius 3 is 2.18 bits per heavy atom. The molecule has 3 aromatic rings. The highest BCUT2D eigenvalue weighted by molar-refractivity contribution is 5.98. The normalized spacial score (nSPS) is 12.1. The van der Waals surface area contributed by atoms with E-state index in [4.69, 9.17) is 5.73 Å². The number of halogens is 7. The number of hydrogen-bond donors (Lipinski definition) is 1. The van der Waals surface area contributed by atoms with Gasteiger partial charge in [-0.2, -0.15) is 10.2 Å². The maximum atomic E-state index is 14.1. The van der Waals surface area contributed by atoms with Crippen LogP contribution in [0.15, 0.2) is 27.8 Å². The Bertz CT molecular complexity index is 1450. The van der Waals surface area contributed by atoms with Crippen molar-refractivity contribution >= 4 is 16.9 Å².